The summed E-state index contributed by atoms with van der Waals surface area (Å²) in [5.41, 5.74) is 2.75. The maximum Gasteiger partial charge on any atom is 0.135 e. The Balaban J connectivity index is 1.58. The fraction of sp³-hybridized carbons (Fsp3) is 0.897. The van der Waals surface area contributed by atoms with E-state index in [4.69, 9.17) is 0 Å². The first-order chi connectivity index (χ1) is 14.5. The molecular formula is C29H48O2. The number of hydrogen-bond acceptors (Lipinski definition) is 2. The molecule has 31 heavy (non-hydrogen) atoms. The Kier molecular flexibility index (Phi) is 6.07. The number of allylic oxidation sites excluding steroid dienone is 1. The fourth-order valence-corrected chi connectivity index (χ4v) is 9.26. The van der Waals surface area contributed by atoms with Gasteiger partial charge in [-0.3, -0.25) is 4.79 Å². The van der Waals surface area contributed by atoms with Crippen molar-refractivity contribution < 1.29 is 9.90 Å². The number of aliphatic hydroxyl groups excluding tert-OH is 1. The van der Waals surface area contributed by atoms with Gasteiger partial charge in [0.15, 0.2) is 0 Å². The summed E-state index contributed by atoms with van der Waals surface area (Å²) in [6.07, 6.45) is 13.0. The number of Topliss-reactive ketones (excluding diaryl/α,β-unsaturated/α-hetero) is 1. The molecule has 0 radical (unpaired) electrons. The summed E-state index contributed by atoms with van der Waals surface area (Å²) < 4.78 is 0. The Hall–Kier alpha value is -0.630. The van der Waals surface area contributed by atoms with Gasteiger partial charge in [0.05, 0.1) is 6.10 Å². The van der Waals surface area contributed by atoms with Crippen LogP contribution >= 0.6 is 0 Å². The quantitative estimate of drug-likeness (QED) is 0.470. The minimum atomic E-state index is -0.141. The van der Waals surface area contributed by atoms with Crippen LogP contribution in [0, 0.1) is 51.8 Å². The zero-order valence-electron chi connectivity index (χ0n) is 21.3. The summed E-state index contributed by atoms with van der Waals surface area (Å²) in [4.78, 5) is 12.3. The molecule has 0 aromatic rings. The van der Waals surface area contributed by atoms with Crippen LogP contribution in [0.3, 0.4) is 0 Å². The van der Waals surface area contributed by atoms with Crippen LogP contribution in [0.2, 0.25) is 0 Å². The van der Waals surface area contributed by atoms with Gasteiger partial charge in [0.1, 0.15) is 5.78 Å². The molecular weight excluding hydrogens is 380 g/mol. The molecule has 0 aliphatic heterocycles. The van der Waals surface area contributed by atoms with Crippen molar-refractivity contribution in [2.24, 2.45) is 51.8 Å². The normalized spacial score (nSPS) is 47.9. The molecule has 0 bridgehead atoms. The summed E-state index contributed by atoms with van der Waals surface area (Å²) in [5.74, 6) is 3.76. The average Bonchev–Trinajstić information content (AvgIpc) is 3.00. The average molecular weight is 429 g/mol. The third-order valence-corrected chi connectivity index (χ3v) is 11.7. The molecule has 2 nitrogen and oxygen atoms in total. The lowest BCUT2D eigenvalue weighted by atomic mass is 9.40. The Morgan fingerprint density at radius 3 is 2.45 bits per heavy atom. The maximum atomic E-state index is 12.3. The third kappa shape index (κ3) is 3.41. The van der Waals surface area contributed by atoms with Crippen molar-refractivity contribution in [1.82, 2.24) is 0 Å². The van der Waals surface area contributed by atoms with E-state index in [1.165, 1.54) is 38.5 Å². The number of ketones is 1. The van der Waals surface area contributed by atoms with Gasteiger partial charge in [-0.2, -0.15) is 0 Å². The zero-order valence-corrected chi connectivity index (χ0v) is 21.3. The van der Waals surface area contributed by atoms with Crippen LogP contribution in [0.25, 0.3) is 0 Å². The van der Waals surface area contributed by atoms with Gasteiger partial charge in [0.25, 0.3) is 0 Å². The molecule has 1 N–H and O–H groups in total. The van der Waals surface area contributed by atoms with Crippen LogP contribution < -0.4 is 0 Å². The predicted molar refractivity (Wildman–Crippen MR) is 129 cm³/mol. The van der Waals surface area contributed by atoms with E-state index in [1.54, 1.807) is 5.57 Å². The molecule has 4 aliphatic carbocycles. The van der Waals surface area contributed by atoms with Crippen LogP contribution in [0.4, 0.5) is 0 Å². The van der Waals surface area contributed by atoms with E-state index in [-0.39, 0.29) is 12.0 Å². The van der Waals surface area contributed by atoms with Crippen LogP contribution in [-0.2, 0) is 4.79 Å². The second-order valence-corrected chi connectivity index (χ2v) is 13.1. The van der Waals surface area contributed by atoms with Gasteiger partial charge in [-0.1, -0.05) is 60.1 Å². The van der Waals surface area contributed by atoms with Crippen molar-refractivity contribution in [1.29, 1.82) is 0 Å². The summed E-state index contributed by atoms with van der Waals surface area (Å²) in [5, 5.41) is 10.5. The topological polar surface area (TPSA) is 37.3 Å². The van der Waals surface area contributed by atoms with Crippen LogP contribution in [0.15, 0.2) is 11.6 Å². The first kappa shape index (κ1) is 23.5. The highest BCUT2D eigenvalue weighted by atomic mass is 16.3. The lowest BCUT2D eigenvalue weighted by Gasteiger charge is -2.65. The molecule has 0 aromatic heterocycles. The Labute approximate surface area is 191 Å². The maximum absolute atomic E-state index is 12.3. The van der Waals surface area contributed by atoms with Gasteiger partial charge in [0.2, 0.25) is 0 Å². The molecule has 2 heteroatoms. The van der Waals surface area contributed by atoms with E-state index in [2.05, 4.69) is 40.7 Å². The second kappa shape index (κ2) is 8.00. The van der Waals surface area contributed by atoms with Crippen molar-refractivity contribution in [3.63, 3.8) is 0 Å². The van der Waals surface area contributed by atoms with Crippen LogP contribution in [0.1, 0.15) is 106 Å². The lowest BCUT2D eigenvalue weighted by molar-refractivity contribution is -0.141. The molecule has 3 saturated carbocycles. The van der Waals surface area contributed by atoms with Gasteiger partial charge in [0, 0.05) is 18.3 Å². The van der Waals surface area contributed by atoms with Crippen LogP contribution in [-0.4, -0.2) is 17.0 Å². The minimum absolute atomic E-state index is 0.141. The molecule has 0 amide bonds. The number of aliphatic hydroxyl groups is 1. The Morgan fingerprint density at radius 2 is 1.77 bits per heavy atom. The first-order valence-corrected chi connectivity index (χ1v) is 13.4. The number of rotatable bonds is 5. The van der Waals surface area contributed by atoms with E-state index < -0.39 is 0 Å². The van der Waals surface area contributed by atoms with Gasteiger partial charge < -0.3 is 5.11 Å². The van der Waals surface area contributed by atoms with Crippen molar-refractivity contribution in [2.75, 3.05) is 0 Å². The first-order valence-electron chi connectivity index (χ1n) is 13.4. The van der Waals surface area contributed by atoms with Crippen molar-refractivity contribution >= 4 is 5.78 Å². The number of hydrogen-bond donors (Lipinski definition) is 1. The Bertz CT molecular complexity index is 737. The van der Waals surface area contributed by atoms with E-state index in [0.29, 0.717) is 39.8 Å². The molecule has 4 aliphatic rings. The third-order valence-electron chi connectivity index (χ3n) is 11.7. The molecule has 0 aromatic carbocycles. The molecule has 9 atom stereocenters. The molecule has 0 heterocycles. The molecule has 3 fully saturated rings. The highest BCUT2D eigenvalue weighted by Crippen LogP contribution is 2.74. The van der Waals surface area contributed by atoms with Gasteiger partial charge in [-0.25, -0.2) is 0 Å². The van der Waals surface area contributed by atoms with Crippen molar-refractivity contribution in [3.8, 4) is 0 Å². The van der Waals surface area contributed by atoms with Crippen molar-refractivity contribution in [3.05, 3.63) is 11.6 Å². The summed E-state index contributed by atoms with van der Waals surface area (Å²) in [6.45, 7) is 16.7. The van der Waals surface area contributed by atoms with Gasteiger partial charge >= 0.3 is 0 Å². The van der Waals surface area contributed by atoms with E-state index >= 15 is 0 Å². The monoisotopic (exact) mass is 428 g/mol. The summed E-state index contributed by atoms with van der Waals surface area (Å²) in [7, 11) is 0. The van der Waals surface area contributed by atoms with Crippen molar-refractivity contribution in [2.45, 2.75) is 112 Å². The highest BCUT2D eigenvalue weighted by molar-refractivity contribution is 5.80. The van der Waals surface area contributed by atoms with Gasteiger partial charge in [-0.05, 0) is 91.3 Å². The molecule has 176 valence electrons. The van der Waals surface area contributed by atoms with E-state index in [0.717, 1.165) is 31.1 Å². The van der Waals surface area contributed by atoms with E-state index in [9.17, 15) is 9.90 Å². The minimum Gasteiger partial charge on any atom is -0.393 e. The predicted octanol–water partition coefficient (Wildman–Crippen LogP) is 7.20. The number of carbonyl (C=O) groups excluding carboxylic acids is 1. The molecule has 0 spiro atoms. The number of fused-ring (bicyclic) bond motifs is 5. The largest absolute Gasteiger partial charge is 0.393 e. The number of carbonyl (C=O) groups is 1. The van der Waals surface area contributed by atoms with E-state index in [1.807, 2.05) is 13.8 Å². The highest BCUT2D eigenvalue weighted by Gasteiger charge is 2.66. The summed E-state index contributed by atoms with van der Waals surface area (Å²) in [6, 6.07) is 0. The Morgan fingerprint density at radius 1 is 1.06 bits per heavy atom. The molecule has 0 saturated heterocycles. The molecule has 4 rings (SSSR count). The SMILES string of the molecule is CC(C)C(=O)CCC(C)C1CCC2(C)C3CC=C4C(CCC(O)[C@@H]4C)[C@]3(C)CC[C@]12C. The van der Waals surface area contributed by atoms with Gasteiger partial charge in [-0.15, -0.1) is 0 Å². The summed E-state index contributed by atoms with van der Waals surface area (Å²) >= 11 is 0. The molecule has 6 unspecified atom stereocenters. The lowest BCUT2D eigenvalue weighted by Crippen LogP contribution is -2.58. The smallest absolute Gasteiger partial charge is 0.135 e. The second-order valence-electron chi connectivity index (χ2n) is 13.1. The van der Waals surface area contributed by atoms with Crippen LogP contribution in [0.5, 0.6) is 0 Å². The zero-order chi connectivity index (χ0) is 22.8. The standard InChI is InChI=1S/C29H48O2/c1-18(2)24(30)11-8-19(3)22-14-15-29(7)26-13-9-21-20(4)25(31)12-10-23(21)27(26,5)16-17-28(22,29)6/h9,18-20,22-23,25-26,31H,8,10-17H2,1-7H3/t19?,20-,22?,23?,25?,26?,27+,28-,29?/m1/s1. The fourth-order valence-electron chi connectivity index (χ4n) is 9.26.